The number of aromatic nitrogens is 4. The molecule has 2 aromatic carbocycles. The van der Waals surface area contributed by atoms with Crippen LogP contribution in [0.2, 0.25) is 10.0 Å². The number of H-pyrrole nitrogens is 2. The maximum atomic E-state index is 12.7. The number of hydrogen-bond donors (Lipinski definition) is 5. The Morgan fingerprint density at radius 1 is 0.762 bits per heavy atom. The highest BCUT2D eigenvalue weighted by molar-refractivity contribution is 7.14. The molecule has 6 aromatic rings. The highest BCUT2D eigenvalue weighted by Crippen LogP contribution is 2.33. The Balaban J connectivity index is 0.000000231. The van der Waals surface area contributed by atoms with Gasteiger partial charge in [-0.25, -0.2) is 9.97 Å². The Morgan fingerprint density at radius 2 is 1.22 bits per heavy atom. The van der Waals surface area contributed by atoms with Gasteiger partial charge < -0.3 is 39.9 Å². The smallest absolute Gasteiger partial charge is 0.190 e. The van der Waals surface area contributed by atoms with Crippen LogP contribution in [0.1, 0.15) is 35.1 Å². The lowest BCUT2D eigenvalue weighted by Crippen LogP contribution is -2.38. The molecule has 6 heterocycles. The van der Waals surface area contributed by atoms with E-state index in [-0.39, 0.29) is 53.5 Å². The number of hydrogen-bond acceptors (Lipinski definition) is 14. The van der Waals surface area contributed by atoms with Gasteiger partial charge in [-0.2, -0.15) is 0 Å². The second-order valence-electron chi connectivity index (χ2n) is 14.8. The van der Waals surface area contributed by atoms with Crippen LogP contribution in [-0.2, 0) is 9.47 Å². The first kappa shape index (κ1) is 51.9. The summed E-state index contributed by atoms with van der Waals surface area (Å²) in [6.07, 6.45) is 0. The van der Waals surface area contributed by atoms with E-state index in [0.29, 0.717) is 62.0 Å². The van der Waals surface area contributed by atoms with E-state index in [1.165, 1.54) is 34.8 Å². The monoisotopic (exact) mass is 984 g/mol. The minimum Gasteiger partial charge on any atom is -0.506 e. The van der Waals surface area contributed by atoms with Crippen molar-refractivity contribution in [3.8, 4) is 34.3 Å². The second-order valence-corrected chi connectivity index (χ2v) is 17.7. The van der Waals surface area contributed by atoms with Gasteiger partial charge in [0.2, 0.25) is 0 Å². The van der Waals surface area contributed by atoms with Gasteiger partial charge in [0.15, 0.2) is 21.1 Å². The van der Waals surface area contributed by atoms with Crippen molar-refractivity contribution in [3.05, 3.63) is 77.7 Å². The van der Waals surface area contributed by atoms with Crippen LogP contribution in [0.25, 0.3) is 44.6 Å². The molecule has 0 aliphatic carbocycles. The summed E-state index contributed by atoms with van der Waals surface area (Å²) in [6, 6.07) is 10.1. The van der Waals surface area contributed by atoms with Gasteiger partial charge in [-0.3, -0.25) is 19.4 Å². The van der Waals surface area contributed by atoms with E-state index < -0.39 is 0 Å². The van der Waals surface area contributed by atoms with Crippen molar-refractivity contribution in [2.24, 2.45) is 0 Å². The average Bonchev–Trinajstić information content (AvgIpc) is 3.91. The summed E-state index contributed by atoms with van der Waals surface area (Å²) in [5.74, 6) is 1.23. The molecule has 2 aliphatic heterocycles. The number of aromatic hydroxyl groups is 1. The molecule has 20 heteroatoms. The van der Waals surface area contributed by atoms with E-state index in [9.17, 15) is 14.7 Å². The predicted octanol–water partition coefficient (Wildman–Crippen LogP) is 9.28. The summed E-state index contributed by atoms with van der Waals surface area (Å²) in [6.45, 7) is 17.7. The third kappa shape index (κ3) is 14.4. The molecule has 14 nitrogen and oxygen atoms in total. The lowest BCUT2D eigenvalue weighted by molar-refractivity contribution is 0.0322. The summed E-state index contributed by atoms with van der Waals surface area (Å²) < 4.78 is 16.4. The maximum Gasteiger partial charge on any atom is 0.190 e. The Labute approximate surface area is 396 Å². The fraction of sp³-hybridized carbons (Fsp3) is 0.442. The van der Waals surface area contributed by atoms with Crippen molar-refractivity contribution in [3.63, 3.8) is 0 Å². The Bertz CT molecular complexity index is 2480. The van der Waals surface area contributed by atoms with Crippen LogP contribution < -0.4 is 26.2 Å². The number of alkyl halides is 1. The summed E-state index contributed by atoms with van der Waals surface area (Å²) in [4.78, 5) is 44.9. The van der Waals surface area contributed by atoms with Gasteiger partial charge >= 0.3 is 0 Å². The third-order valence-electron chi connectivity index (χ3n) is 9.49. The zero-order chi connectivity index (χ0) is 43.5. The molecule has 8 rings (SSSR count). The van der Waals surface area contributed by atoms with E-state index in [1.807, 2.05) is 24.6 Å². The van der Waals surface area contributed by atoms with Gasteiger partial charge in [0, 0.05) is 90.9 Å². The summed E-state index contributed by atoms with van der Waals surface area (Å²) in [7, 11) is 0. The van der Waals surface area contributed by atoms with Crippen LogP contribution in [-0.4, -0.2) is 125 Å². The lowest BCUT2D eigenvalue weighted by atomic mass is 10.1. The number of phenolic OH excluding ortho intramolecular Hbond substituents is 1. The molecule has 0 bridgehead atoms. The number of nitrogens with zero attached hydrogens (tertiary/aromatic N) is 4. The van der Waals surface area contributed by atoms with Crippen LogP contribution in [0.15, 0.2) is 56.7 Å². The molecule has 344 valence electrons. The van der Waals surface area contributed by atoms with Crippen LogP contribution in [0.3, 0.4) is 0 Å². The van der Waals surface area contributed by atoms with Gasteiger partial charge in [0.25, 0.3) is 0 Å². The van der Waals surface area contributed by atoms with Gasteiger partial charge in [0.1, 0.15) is 28.2 Å². The number of aromatic amines is 2. The molecule has 63 heavy (non-hydrogen) atoms. The fourth-order valence-electron chi connectivity index (χ4n) is 6.40. The number of nitrogens with one attached hydrogen (secondary N) is 4. The zero-order valence-corrected chi connectivity index (χ0v) is 39.6. The molecule has 0 spiro atoms. The average molecular weight is 987 g/mol. The van der Waals surface area contributed by atoms with Crippen LogP contribution >= 0.6 is 69.9 Å². The number of morpholine rings is 2. The maximum absolute atomic E-state index is 12.7. The number of ether oxygens (including phenoxy) is 3. The number of pyridine rings is 2. The highest BCUT2D eigenvalue weighted by atomic mass is 35.5. The lowest BCUT2D eigenvalue weighted by Gasteiger charge is -2.26. The second kappa shape index (κ2) is 25.1. The molecule has 5 N–H and O–H groups in total. The standard InChI is InChI=1S/C21H25ClN4O3S.C15H14ClN3O2S.C6H12ClNO.CH4.ClH/c1-13(2)23-21-25-16(12-30-21)15-11-17(27)14-3-4-18(19(22)20(14)24-15)29-10-7-26-5-8-28-9-6-26;1-7(2)17-15-19-10(6-22-15)9-5-12(21)8-3-4-11(20)13(16)14(8)18-9;7-1-2-8-3-5-9-6-4-8;;/h3-4,11-13H,5-10H2,1-2H3,(H,23,25)(H,24,27);3-7,20H,1-2H3,(H,17,19)(H,18,21);1-6H2;1H4;1H. The topological polar surface area (TPSA) is 170 Å². The Morgan fingerprint density at radius 3 is 1.70 bits per heavy atom. The molecular formula is C43H56Cl4N8O6S2. The van der Waals surface area contributed by atoms with E-state index in [2.05, 4.69) is 54.2 Å². The molecule has 0 amide bonds. The number of rotatable bonds is 12. The summed E-state index contributed by atoms with van der Waals surface area (Å²) >= 11 is 21.2. The first-order valence-electron chi connectivity index (χ1n) is 20.0. The number of thiazole rings is 2. The highest BCUT2D eigenvalue weighted by Gasteiger charge is 2.16. The summed E-state index contributed by atoms with van der Waals surface area (Å²) in [5, 5.41) is 23.1. The predicted molar refractivity (Wildman–Crippen MR) is 265 cm³/mol. The molecule has 0 atom stereocenters. The Hall–Kier alpha value is -3.68. The van der Waals surface area contributed by atoms with Crippen molar-refractivity contribution in [2.75, 3.05) is 88.8 Å². The third-order valence-corrected chi connectivity index (χ3v) is 12.0. The molecule has 0 saturated carbocycles. The van der Waals surface area contributed by atoms with Gasteiger partial charge in [0.05, 0.1) is 60.2 Å². The number of anilines is 2. The number of phenols is 1. The van der Waals surface area contributed by atoms with E-state index in [4.69, 9.17) is 49.0 Å². The molecule has 0 unspecified atom stereocenters. The number of fused-ring (bicyclic) bond motifs is 2. The number of halogens is 4. The largest absolute Gasteiger partial charge is 0.506 e. The normalized spacial score (nSPS) is 14.3. The van der Waals surface area contributed by atoms with Crippen LogP contribution in [0.5, 0.6) is 11.5 Å². The minimum absolute atomic E-state index is 0. The fourth-order valence-corrected chi connectivity index (χ4v) is 8.83. The van der Waals surface area contributed by atoms with Gasteiger partial charge in [-0.05, 0) is 52.0 Å². The number of benzene rings is 2. The first-order valence-corrected chi connectivity index (χ1v) is 23.1. The van der Waals surface area contributed by atoms with E-state index >= 15 is 0 Å². The van der Waals surface area contributed by atoms with E-state index in [0.717, 1.165) is 81.8 Å². The van der Waals surface area contributed by atoms with Gasteiger partial charge in [-0.15, -0.1) is 46.7 Å². The van der Waals surface area contributed by atoms with Crippen molar-refractivity contribution in [1.82, 2.24) is 29.7 Å². The molecular weight excluding hydrogens is 930 g/mol. The van der Waals surface area contributed by atoms with Crippen molar-refractivity contribution in [1.29, 1.82) is 0 Å². The van der Waals surface area contributed by atoms with Crippen molar-refractivity contribution >= 4 is 102 Å². The van der Waals surface area contributed by atoms with Gasteiger partial charge in [-0.1, -0.05) is 30.6 Å². The Kier molecular flexibility index (Phi) is 20.7. The van der Waals surface area contributed by atoms with E-state index in [1.54, 1.807) is 24.3 Å². The SMILES string of the molecule is C.CC(C)Nc1nc(-c2cc(=O)c3ccc(O)c(Cl)c3[nH]2)cs1.CC(C)Nc1nc(-c2cc(=O)c3ccc(OCCN4CCOCC4)c(Cl)c3[nH]2)cs1.Cl.ClCCN1CCOCC1. The quantitative estimate of drug-likeness (QED) is 0.0738. The van der Waals surface area contributed by atoms with Crippen LogP contribution in [0.4, 0.5) is 10.3 Å². The minimum atomic E-state index is -0.169. The van der Waals surface area contributed by atoms with Crippen LogP contribution in [0, 0.1) is 0 Å². The molecule has 2 aliphatic rings. The molecule has 2 fully saturated rings. The first-order chi connectivity index (χ1) is 29.4. The molecule has 0 radical (unpaired) electrons. The van der Waals surface area contributed by atoms with Crippen molar-refractivity contribution < 1.29 is 19.3 Å². The molecule has 4 aromatic heterocycles. The zero-order valence-electron chi connectivity index (χ0n) is 34.9. The summed E-state index contributed by atoms with van der Waals surface area (Å²) in [5.41, 5.74) is 3.27. The molecule has 2 saturated heterocycles. The van der Waals surface area contributed by atoms with Crippen molar-refractivity contribution in [2.45, 2.75) is 47.2 Å².